The average molecular weight is 254 g/mol. The standard InChI is InChI=1S/C10H10F4O3/c11-6-7(10(12,13)14)16-9(17-8(6)15)4-2-1-3-5-9/h1-5H2. The van der Waals surface area contributed by atoms with Crippen LogP contribution in [0.15, 0.2) is 11.6 Å². The first-order chi connectivity index (χ1) is 7.84. The van der Waals surface area contributed by atoms with Crippen LogP contribution < -0.4 is 0 Å². The molecule has 1 fully saturated rings. The lowest BCUT2D eigenvalue weighted by Gasteiger charge is -2.39. The Morgan fingerprint density at radius 2 is 1.65 bits per heavy atom. The first kappa shape index (κ1) is 12.2. The van der Waals surface area contributed by atoms with Crippen LogP contribution in [0.4, 0.5) is 17.6 Å². The fourth-order valence-corrected chi connectivity index (χ4v) is 2.03. The molecule has 0 aromatic carbocycles. The van der Waals surface area contributed by atoms with Gasteiger partial charge in [-0.15, -0.1) is 0 Å². The molecular weight excluding hydrogens is 244 g/mol. The maximum Gasteiger partial charge on any atom is 0.452 e. The minimum absolute atomic E-state index is 0.158. The molecule has 1 aliphatic heterocycles. The van der Waals surface area contributed by atoms with E-state index in [4.69, 9.17) is 0 Å². The summed E-state index contributed by atoms with van der Waals surface area (Å²) < 4.78 is 59.7. The molecule has 0 unspecified atom stereocenters. The molecule has 0 aromatic rings. The minimum Gasteiger partial charge on any atom is -0.444 e. The summed E-state index contributed by atoms with van der Waals surface area (Å²) in [4.78, 5) is 11.1. The van der Waals surface area contributed by atoms with Crippen LogP contribution in [0, 0.1) is 0 Å². The number of ether oxygens (including phenoxy) is 2. The van der Waals surface area contributed by atoms with E-state index < -0.39 is 29.5 Å². The van der Waals surface area contributed by atoms with Gasteiger partial charge in [-0.3, -0.25) is 0 Å². The molecule has 0 atom stereocenters. The van der Waals surface area contributed by atoms with Crippen LogP contribution in [0.3, 0.4) is 0 Å². The molecule has 2 rings (SSSR count). The van der Waals surface area contributed by atoms with E-state index in [1.807, 2.05) is 0 Å². The van der Waals surface area contributed by atoms with Crippen LogP contribution in [-0.4, -0.2) is 17.9 Å². The van der Waals surface area contributed by atoms with Crippen LogP contribution in [0.1, 0.15) is 32.1 Å². The molecular formula is C10H10F4O3. The molecule has 7 heteroatoms. The molecule has 1 spiro atoms. The van der Waals surface area contributed by atoms with Crippen LogP contribution in [0.5, 0.6) is 0 Å². The molecule has 0 N–H and O–H groups in total. The number of esters is 1. The highest BCUT2D eigenvalue weighted by molar-refractivity contribution is 5.87. The van der Waals surface area contributed by atoms with E-state index in [0.717, 1.165) is 6.42 Å². The molecule has 1 saturated carbocycles. The van der Waals surface area contributed by atoms with E-state index in [-0.39, 0.29) is 12.8 Å². The van der Waals surface area contributed by atoms with Crippen LogP contribution in [-0.2, 0) is 14.3 Å². The average Bonchev–Trinajstić information content (AvgIpc) is 2.23. The highest BCUT2D eigenvalue weighted by Gasteiger charge is 2.52. The van der Waals surface area contributed by atoms with Crippen molar-refractivity contribution in [2.75, 3.05) is 0 Å². The van der Waals surface area contributed by atoms with Gasteiger partial charge >= 0.3 is 12.1 Å². The number of carbonyl (C=O) groups excluding carboxylic acids is 1. The maximum atomic E-state index is 13.0. The van der Waals surface area contributed by atoms with Gasteiger partial charge in [-0.1, -0.05) is 6.42 Å². The van der Waals surface area contributed by atoms with Gasteiger partial charge in [0.1, 0.15) is 0 Å². The molecule has 1 aliphatic carbocycles. The smallest absolute Gasteiger partial charge is 0.444 e. The van der Waals surface area contributed by atoms with Gasteiger partial charge in [0, 0.05) is 12.8 Å². The summed E-state index contributed by atoms with van der Waals surface area (Å²) in [7, 11) is 0. The second-order valence-corrected chi connectivity index (χ2v) is 4.10. The van der Waals surface area contributed by atoms with E-state index in [1.165, 1.54) is 0 Å². The Hall–Kier alpha value is -1.27. The lowest BCUT2D eigenvalue weighted by molar-refractivity contribution is -0.266. The highest BCUT2D eigenvalue weighted by Crippen LogP contribution is 2.43. The Balaban J connectivity index is 2.32. The number of carbonyl (C=O) groups is 1. The van der Waals surface area contributed by atoms with Crippen molar-refractivity contribution >= 4 is 5.97 Å². The van der Waals surface area contributed by atoms with Crippen molar-refractivity contribution in [2.24, 2.45) is 0 Å². The lowest BCUT2D eigenvalue weighted by Crippen LogP contribution is -2.45. The fraction of sp³-hybridized carbons (Fsp3) is 0.700. The Labute approximate surface area is 94.4 Å². The fourth-order valence-electron chi connectivity index (χ4n) is 2.03. The van der Waals surface area contributed by atoms with E-state index in [1.54, 1.807) is 0 Å². The number of alkyl halides is 3. The minimum atomic E-state index is -5.02. The van der Waals surface area contributed by atoms with E-state index >= 15 is 0 Å². The number of hydrogen-bond donors (Lipinski definition) is 0. The second-order valence-electron chi connectivity index (χ2n) is 4.10. The zero-order chi connectivity index (χ0) is 12.7. The van der Waals surface area contributed by atoms with Crippen molar-refractivity contribution in [1.29, 1.82) is 0 Å². The van der Waals surface area contributed by atoms with E-state index in [0.29, 0.717) is 12.8 Å². The highest BCUT2D eigenvalue weighted by atomic mass is 19.4. The summed E-state index contributed by atoms with van der Waals surface area (Å²) in [5.74, 6) is -7.09. The third-order valence-electron chi connectivity index (χ3n) is 2.82. The van der Waals surface area contributed by atoms with Gasteiger partial charge in [-0.05, 0) is 12.8 Å². The van der Waals surface area contributed by atoms with E-state index in [9.17, 15) is 22.4 Å². The van der Waals surface area contributed by atoms with Gasteiger partial charge in [-0.2, -0.15) is 17.6 Å². The SMILES string of the molecule is O=C1OC2(CCCCC2)OC(C(F)(F)F)=C1F. The first-order valence-corrected chi connectivity index (χ1v) is 5.23. The van der Waals surface area contributed by atoms with Crippen molar-refractivity contribution in [1.82, 2.24) is 0 Å². The third-order valence-corrected chi connectivity index (χ3v) is 2.82. The van der Waals surface area contributed by atoms with Gasteiger partial charge < -0.3 is 9.47 Å². The van der Waals surface area contributed by atoms with Crippen molar-refractivity contribution in [3.8, 4) is 0 Å². The zero-order valence-electron chi connectivity index (χ0n) is 8.77. The van der Waals surface area contributed by atoms with Crippen molar-refractivity contribution in [3.63, 3.8) is 0 Å². The molecule has 0 aromatic heterocycles. The molecule has 0 radical (unpaired) electrons. The maximum absolute atomic E-state index is 13.0. The molecule has 3 nitrogen and oxygen atoms in total. The molecule has 1 heterocycles. The van der Waals surface area contributed by atoms with Gasteiger partial charge in [-0.25, -0.2) is 4.79 Å². The zero-order valence-corrected chi connectivity index (χ0v) is 8.77. The van der Waals surface area contributed by atoms with Gasteiger partial charge in [0.05, 0.1) is 0 Å². The number of halogens is 4. The Kier molecular flexibility index (Phi) is 2.79. The van der Waals surface area contributed by atoms with Crippen molar-refractivity contribution in [3.05, 3.63) is 11.6 Å². The van der Waals surface area contributed by atoms with Gasteiger partial charge in [0.15, 0.2) is 0 Å². The monoisotopic (exact) mass is 254 g/mol. The number of hydrogen-bond acceptors (Lipinski definition) is 3. The topological polar surface area (TPSA) is 35.5 Å². The molecule has 0 saturated heterocycles. The number of allylic oxidation sites excluding steroid dienone is 1. The largest absolute Gasteiger partial charge is 0.452 e. The second kappa shape index (κ2) is 3.89. The Morgan fingerprint density at radius 3 is 2.18 bits per heavy atom. The summed E-state index contributed by atoms with van der Waals surface area (Å²) in [6.45, 7) is 0. The Bertz CT molecular complexity index is 366. The molecule has 0 bridgehead atoms. The van der Waals surface area contributed by atoms with Crippen molar-refractivity contribution in [2.45, 2.75) is 44.1 Å². The lowest BCUT2D eigenvalue weighted by atomic mass is 9.93. The van der Waals surface area contributed by atoms with Crippen molar-refractivity contribution < 1.29 is 31.8 Å². The molecule has 96 valence electrons. The van der Waals surface area contributed by atoms with Crippen LogP contribution >= 0.6 is 0 Å². The van der Waals surface area contributed by atoms with Crippen LogP contribution in [0.2, 0.25) is 0 Å². The summed E-state index contributed by atoms with van der Waals surface area (Å²) in [5, 5.41) is 0. The van der Waals surface area contributed by atoms with Crippen LogP contribution in [0.25, 0.3) is 0 Å². The molecule has 2 aliphatic rings. The normalized spacial score (nSPS) is 24.6. The van der Waals surface area contributed by atoms with Gasteiger partial charge in [0.25, 0.3) is 11.6 Å². The van der Waals surface area contributed by atoms with Gasteiger partial charge in [0.2, 0.25) is 5.76 Å². The first-order valence-electron chi connectivity index (χ1n) is 5.23. The third kappa shape index (κ3) is 2.23. The summed E-state index contributed by atoms with van der Waals surface area (Å²) in [6, 6.07) is 0. The Morgan fingerprint density at radius 1 is 1.06 bits per heavy atom. The molecule has 17 heavy (non-hydrogen) atoms. The summed E-state index contributed by atoms with van der Waals surface area (Å²) in [6.07, 6.45) is -2.71. The summed E-state index contributed by atoms with van der Waals surface area (Å²) in [5.41, 5.74) is 0. The quantitative estimate of drug-likeness (QED) is 0.492. The van der Waals surface area contributed by atoms with E-state index in [2.05, 4.69) is 9.47 Å². The molecule has 0 amide bonds. The predicted molar refractivity (Wildman–Crippen MR) is 47.2 cm³/mol. The summed E-state index contributed by atoms with van der Waals surface area (Å²) >= 11 is 0. The number of rotatable bonds is 0. The predicted octanol–water partition coefficient (Wildman–Crippen LogP) is 2.96.